The van der Waals surface area contributed by atoms with E-state index in [-0.39, 0.29) is 6.61 Å². The highest BCUT2D eigenvalue weighted by Gasteiger charge is 2.19. The highest BCUT2D eigenvalue weighted by atomic mass is 79.9. The second-order valence-electron chi connectivity index (χ2n) is 5.71. The fourth-order valence-electron chi connectivity index (χ4n) is 2.61. The van der Waals surface area contributed by atoms with Crippen molar-refractivity contribution < 1.29 is 19.5 Å². The zero-order valence-corrected chi connectivity index (χ0v) is 16.4. The zero-order valence-electron chi connectivity index (χ0n) is 14.8. The van der Waals surface area contributed by atoms with Crippen molar-refractivity contribution in [1.82, 2.24) is 0 Å². The molecule has 1 N–H and O–H groups in total. The number of carbonyl (C=O) groups is 1. The minimum atomic E-state index is -0.862. The number of nitrogens with zero attached hydrogens (tertiary/aromatic N) is 1. The minimum Gasteiger partial charge on any atom is -0.489 e. The molecule has 0 aromatic heterocycles. The predicted molar refractivity (Wildman–Crippen MR) is 100 cm³/mol. The topological polar surface area (TPSA) is 59.0 Å². The molecule has 2 rings (SSSR count). The van der Waals surface area contributed by atoms with Crippen molar-refractivity contribution >= 4 is 27.7 Å². The highest BCUT2D eigenvalue weighted by molar-refractivity contribution is 9.10. The maximum absolute atomic E-state index is 11.6. The molecule has 0 heterocycles. The van der Waals surface area contributed by atoms with Gasteiger partial charge in [0, 0.05) is 10.0 Å². The Hall–Kier alpha value is -2.05. The molecule has 2 aromatic carbocycles. The Morgan fingerprint density at radius 2 is 1.96 bits per heavy atom. The summed E-state index contributed by atoms with van der Waals surface area (Å²) in [5, 5.41) is 10.5. The number of anilines is 1. The summed E-state index contributed by atoms with van der Waals surface area (Å²) >= 11 is 3.45. The maximum Gasteiger partial charge on any atom is 0.438 e. The van der Waals surface area contributed by atoms with E-state index >= 15 is 0 Å². The van der Waals surface area contributed by atoms with E-state index in [1.54, 1.807) is 12.1 Å². The minimum absolute atomic E-state index is 0.191. The Balaban J connectivity index is 2.30. The molecule has 0 saturated carbocycles. The summed E-state index contributed by atoms with van der Waals surface area (Å²) in [7, 11) is 1.21. The summed E-state index contributed by atoms with van der Waals surface area (Å²) in [4.78, 5) is 11.6. The summed E-state index contributed by atoms with van der Waals surface area (Å²) in [6.45, 7) is 6.37. The van der Waals surface area contributed by atoms with E-state index in [4.69, 9.17) is 4.74 Å². The molecule has 6 heteroatoms. The number of methoxy groups -OCH3 is 1. The lowest BCUT2D eigenvalue weighted by Gasteiger charge is -2.19. The Labute approximate surface area is 156 Å². The van der Waals surface area contributed by atoms with Gasteiger partial charge in [0.15, 0.2) is 0 Å². The number of amides is 1. The third-order valence-electron chi connectivity index (χ3n) is 4.06. The third-order valence-corrected chi connectivity index (χ3v) is 4.80. The van der Waals surface area contributed by atoms with Crippen molar-refractivity contribution in [2.24, 2.45) is 0 Å². The third kappa shape index (κ3) is 4.32. The SMILES string of the molecule is CCc1cc(C)c(OCc2c(Br)cccc2N(O)C(=O)OC)cc1C. The van der Waals surface area contributed by atoms with Gasteiger partial charge >= 0.3 is 6.09 Å². The highest BCUT2D eigenvalue weighted by Crippen LogP contribution is 2.30. The molecule has 1 amide bonds. The lowest BCUT2D eigenvalue weighted by atomic mass is 10.0. The van der Waals surface area contributed by atoms with Gasteiger partial charge in [-0.1, -0.05) is 35.0 Å². The number of hydroxylamine groups is 1. The average Bonchev–Trinajstić information content (AvgIpc) is 2.61. The van der Waals surface area contributed by atoms with E-state index in [0.717, 1.165) is 22.2 Å². The van der Waals surface area contributed by atoms with Crippen molar-refractivity contribution in [1.29, 1.82) is 0 Å². The average molecular weight is 408 g/mol. The van der Waals surface area contributed by atoms with Gasteiger partial charge in [0.2, 0.25) is 0 Å². The van der Waals surface area contributed by atoms with Gasteiger partial charge in [0.05, 0.1) is 12.8 Å². The van der Waals surface area contributed by atoms with Crippen molar-refractivity contribution in [2.75, 3.05) is 12.2 Å². The summed E-state index contributed by atoms with van der Waals surface area (Å²) in [5.74, 6) is 0.777. The van der Waals surface area contributed by atoms with Gasteiger partial charge in [0.1, 0.15) is 12.4 Å². The monoisotopic (exact) mass is 407 g/mol. The van der Waals surface area contributed by atoms with Crippen LogP contribution in [0, 0.1) is 13.8 Å². The van der Waals surface area contributed by atoms with Crippen molar-refractivity contribution in [3.63, 3.8) is 0 Å². The standard InChI is InChI=1S/C19H22BrNO4/c1-5-14-9-13(3)18(10-12(14)2)25-11-15-16(20)7-6-8-17(15)21(23)19(22)24-4/h6-10,23H,5,11H2,1-4H3. The van der Waals surface area contributed by atoms with Gasteiger partial charge in [-0.2, -0.15) is 5.06 Å². The quantitative estimate of drug-likeness (QED) is 0.548. The summed E-state index contributed by atoms with van der Waals surface area (Å²) in [5.41, 5.74) is 4.46. The normalized spacial score (nSPS) is 10.5. The number of ether oxygens (including phenoxy) is 2. The van der Waals surface area contributed by atoms with Crippen LogP contribution in [0.3, 0.4) is 0 Å². The van der Waals surface area contributed by atoms with Gasteiger partial charge in [0.25, 0.3) is 0 Å². The maximum atomic E-state index is 11.6. The van der Waals surface area contributed by atoms with Crippen LogP contribution >= 0.6 is 15.9 Å². The molecule has 0 aliphatic carbocycles. The van der Waals surface area contributed by atoms with Gasteiger partial charge in [-0.3, -0.25) is 5.21 Å². The Morgan fingerprint density at radius 3 is 2.60 bits per heavy atom. The number of hydrogen-bond acceptors (Lipinski definition) is 4. The molecule has 2 aromatic rings. The molecule has 0 radical (unpaired) electrons. The lowest BCUT2D eigenvalue weighted by Crippen LogP contribution is -2.28. The van der Waals surface area contributed by atoms with Crippen LogP contribution in [0.25, 0.3) is 0 Å². The van der Waals surface area contributed by atoms with Crippen molar-refractivity contribution in [3.8, 4) is 5.75 Å². The number of benzene rings is 2. The lowest BCUT2D eigenvalue weighted by molar-refractivity contribution is 0.140. The molecular weight excluding hydrogens is 386 g/mol. The van der Waals surface area contributed by atoms with E-state index in [1.165, 1.54) is 18.2 Å². The van der Waals surface area contributed by atoms with Crippen molar-refractivity contribution in [3.05, 3.63) is 57.1 Å². The van der Waals surface area contributed by atoms with E-state index in [9.17, 15) is 10.0 Å². The molecule has 0 fully saturated rings. The first-order valence-electron chi connectivity index (χ1n) is 7.96. The largest absolute Gasteiger partial charge is 0.489 e. The first kappa shape index (κ1) is 19.3. The number of aryl methyl sites for hydroxylation is 3. The predicted octanol–water partition coefficient (Wildman–Crippen LogP) is 5.17. The molecule has 0 aliphatic heterocycles. The Kier molecular flexibility index (Phi) is 6.45. The van der Waals surface area contributed by atoms with Gasteiger partial charge in [-0.15, -0.1) is 0 Å². The van der Waals surface area contributed by atoms with Crippen molar-refractivity contribution in [2.45, 2.75) is 33.8 Å². The molecule has 0 saturated heterocycles. The van der Waals surface area contributed by atoms with Gasteiger partial charge in [-0.25, -0.2) is 4.79 Å². The smallest absolute Gasteiger partial charge is 0.438 e. The molecule has 0 atom stereocenters. The van der Waals surface area contributed by atoms with Gasteiger partial charge in [-0.05, 0) is 55.2 Å². The van der Waals surface area contributed by atoms with Crippen LogP contribution in [0.5, 0.6) is 5.75 Å². The van der Waals surface area contributed by atoms with Crippen LogP contribution in [-0.2, 0) is 17.8 Å². The van der Waals surface area contributed by atoms with Crippen LogP contribution in [0.1, 0.15) is 29.2 Å². The first-order chi connectivity index (χ1) is 11.9. The molecule has 25 heavy (non-hydrogen) atoms. The molecule has 0 unspecified atom stereocenters. The van der Waals surface area contributed by atoms with E-state index in [1.807, 2.05) is 19.1 Å². The fourth-order valence-corrected chi connectivity index (χ4v) is 3.08. The Bertz CT molecular complexity index is 776. The first-order valence-corrected chi connectivity index (χ1v) is 8.75. The number of rotatable bonds is 5. The zero-order chi connectivity index (χ0) is 18.6. The number of halogens is 1. The van der Waals surface area contributed by atoms with Crippen LogP contribution in [0.15, 0.2) is 34.8 Å². The number of hydrogen-bond donors (Lipinski definition) is 1. The van der Waals surface area contributed by atoms with Gasteiger partial charge < -0.3 is 9.47 Å². The Morgan fingerprint density at radius 1 is 1.24 bits per heavy atom. The second-order valence-corrected chi connectivity index (χ2v) is 6.56. The van der Waals surface area contributed by atoms with E-state index in [2.05, 4.69) is 40.6 Å². The molecule has 134 valence electrons. The summed E-state index contributed by atoms with van der Waals surface area (Å²) in [6.07, 6.45) is 0.110. The fraction of sp³-hybridized carbons (Fsp3) is 0.316. The van der Waals surface area contributed by atoms with E-state index in [0.29, 0.717) is 16.3 Å². The molecule has 0 spiro atoms. The van der Waals surface area contributed by atoms with Crippen LogP contribution in [0.2, 0.25) is 0 Å². The van der Waals surface area contributed by atoms with Crippen LogP contribution < -0.4 is 9.80 Å². The summed E-state index contributed by atoms with van der Waals surface area (Å²) < 4.78 is 11.3. The molecule has 0 aliphatic rings. The summed E-state index contributed by atoms with van der Waals surface area (Å²) in [6, 6.07) is 9.31. The number of carbonyl (C=O) groups excluding carboxylic acids is 1. The second kappa shape index (κ2) is 8.36. The molecular formula is C19H22BrNO4. The van der Waals surface area contributed by atoms with Crippen LogP contribution in [0.4, 0.5) is 10.5 Å². The van der Waals surface area contributed by atoms with Crippen LogP contribution in [-0.4, -0.2) is 18.4 Å². The van der Waals surface area contributed by atoms with E-state index < -0.39 is 6.09 Å². The molecule has 0 bridgehead atoms. The molecule has 5 nitrogen and oxygen atoms in total.